The Kier molecular flexibility index (Phi) is 5.27. The molecule has 4 nitrogen and oxygen atoms in total. The molecule has 1 aromatic carbocycles. The maximum Gasteiger partial charge on any atom is 0.348 e. The number of hydrogen-bond donors (Lipinski definition) is 1. The highest BCUT2D eigenvalue weighted by Gasteiger charge is 2.26. The highest BCUT2D eigenvalue weighted by molar-refractivity contribution is 5.97. The van der Waals surface area contributed by atoms with Gasteiger partial charge in [-0.05, 0) is 34.6 Å². The minimum absolute atomic E-state index is 0.0714. The molecule has 4 heteroatoms. The molecule has 23 heavy (non-hydrogen) atoms. The summed E-state index contributed by atoms with van der Waals surface area (Å²) in [4.78, 5) is 11.6. The Hall–Kier alpha value is -2.28. The lowest BCUT2D eigenvalue weighted by molar-refractivity contribution is -0.135. The van der Waals surface area contributed by atoms with Gasteiger partial charge in [-0.3, -0.25) is 0 Å². The first-order valence-electron chi connectivity index (χ1n) is 7.50. The Balaban J connectivity index is 3.67. The fourth-order valence-electron chi connectivity index (χ4n) is 2.30. The summed E-state index contributed by atoms with van der Waals surface area (Å²) in [6, 6.07) is 5.48. The van der Waals surface area contributed by atoms with Crippen LogP contribution in [0.25, 0.3) is 6.08 Å². The van der Waals surface area contributed by atoms with Crippen LogP contribution in [0.2, 0.25) is 0 Å². The van der Waals surface area contributed by atoms with Crippen molar-refractivity contribution >= 4 is 12.0 Å². The fraction of sp³-hybridized carbons (Fsp3) is 0.474. The normalized spacial score (nSPS) is 12.7. The summed E-state index contributed by atoms with van der Waals surface area (Å²) in [5.41, 5.74) is 1.63. The number of carbonyl (C=O) groups is 1. The molecule has 0 heterocycles. The van der Waals surface area contributed by atoms with E-state index in [1.165, 1.54) is 13.2 Å². The van der Waals surface area contributed by atoms with Gasteiger partial charge >= 0.3 is 5.97 Å². The van der Waals surface area contributed by atoms with Crippen LogP contribution in [-0.4, -0.2) is 18.2 Å². The predicted molar refractivity (Wildman–Crippen MR) is 91.1 cm³/mol. The number of rotatable bonds is 2. The summed E-state index contributed by atoms with van der Waals surface area (Å²) in [6.45, 7) is 12.0. The number of methoxy groups -OCH3 is 1. The van der Waals surface area contributed by atoms with Gasteiger partial charge in [0.15, 0.2) is 0 Å². The van der Waals surface area contributed by atoms with Crippen LogP contribution >= 0.6 is 0 Å². The number of phenols is 1. The van der Waals surface area contributed by atoms with Crippen molar-refractivity contribution in [1.29, 1.82) is 5.26 Å². The molecule has 0 amide bonds. The molecule has 124 valence electrons. The number of nitriles is 1. The van der Waals surface area contributed by atoms with Gasteiger partial charge in [-0.1, -0.05) is 41.5 Å². The van der Waals surface area contributed by atoms with Gasteiger partial charge in [-0.2, -0.15) is 5.26 Å². The standard InChI is InChI=1S/C19H25NO3/c1-18(2,3)14-9-12(8-13(11-20)17(22)23-7)10-15(16(14)21)19(4,5)6/h8-10,21H,1-7H3/b13-8+. The first-order chi connectivity index (χ1) is 10.4. The van der Waals surface area contributed by atoms with Gasteiger partial charge in [-0.15, -0.1) is 0 Å². The molecule has 0 saturated carbocycles. The zero-order valence-corrected chi connectivity index (χ0v) is 14.9. The molecule has 1 aromatic rings. The molecule has 0 saturated heterocycles. The number of nitrogens with zero attached hydrogens (tertiary/aromatic N) is 1. The molecular formula is C19H25NO3. The first kappa shape index (κ1) is 18.8. The van der Waals surface area contributed by atoms with E-state index in [2.05, 4.69) is 4.74 Å². The summed E-state index contributed by atoms with van der Waals surface area (Å²) in [7, 11) is 1.24. The molecule has 0 aromatic heterocycles. The number of phenolic OH excluding ortho intramolecular Hbond substituents is 1. The van der Waals surface area contributed by atoms with E-state index in [1.807, 2.05) is 59.7 Å². The van der Waals surface area contributed by atoms with Crippen molar-refractivity contribution in [2.75, 3.05) is 7.11 Å². The number of esters is 1. The number of carbonyl (C=O) groups excluding carboxylic acids is 1. The second kappa shape index (κ2) is 6.45. The molecule has 0 fully saturated rings. The van der Waals surface area contributed by atoms with Crippen LogP contribution in [0, 0.1) is 11.3 Å². The van der Waals surface area contributed by atoms with E-state index in [-0.39, 0.29) is 22.2 Å². The van der Waals surface area contributed by atoms with Gasteiger partial charge in [-0.25, -0.2) is 4.79 Å². The van der Waals surface area contributed by atoms with Crippen LogP contribution in [-0.2, 0) is 20.4 Å². The van der Waals surface area contributed by atoms with Crippen LogP contribution in [0.4, 0.5) is 0 Å². The van der Waals surface area contributed by atoms with E-state index in [0.29, 0.717) is 5.56 Å². The molecule has 0 aliphatic rings. The van der Waals surface area contributed by atoms with E-state index in [4.69, 9.17) is 5.26 Å². The fourth-order valence-corrected chi connectivity index (χ4v) is 2.30. The molecule has 0 bridgehead atoms. The van der Waals surface area contributed by atoms with Gasteiger partial charge < -0.3 is 9.84 Å². The van der Waals surface area contributed by atoms with Gasteiger partial charge in [0.05, 0.1) is 7.11 Å². The largest absolute Gasteiger partial charge is 0.507 e. The number of hydrogen-bond acceptors (Lipinski definition) is 4. The summed E-state index contributed by atoms with van der Waals surface area (Å²) < 4.78 is 4.62. The third-order valence-electron chi connectivity index (χ3n) is 3.59. The Morgan fingerprint density at radius 2 is 1.57 bits per heavy atom. The third-order valence-corrected chi connectivity index (χ3v) is 3.59. The lowest BCUT2D eigenvalue weighted by Gasteiger charge is -2.27. The topological polar surface area (TPSA) is 70.3 Å². The second-order valence-corrected chi connectivity index (χ2v) is 7.63. The number of aromatic hydroxyl groups is 1. The Labute approximate surface area is 138 Å². The predicted octanol–water partition coefficient (Wildman–Crippen LogP) is 4.07. The van der Waals surface area contributed by atoms with E-state index in [1.54, 1.807) is 0 Å². The molecule has 1 rings (SSSR count). The maximum absolute atomic E-state index is 11.6. The summed E-state index contributed by atoms with van der Waals surface area (Å²) in [5, 5.41) is 19.8. The van der Waals surface area contributed by atoms with Gasteiger partial charge in [0.1, 0.15) is 17.4 Å². The molecule has 0 spiro atoms. The summed E-state index contributed by atoms with van der Waals surface area (Å²) in [6.07, 6.45) is 1.50. The molecule has 1 N–H and O–H groups in total. The Bertz CT molecular complexity index is 645. The van der Waals surface area contributed by atoms with E-state index < -0.39 is 5.97 Å². The lowest BCUT2D eigenvalue weighted by atomic mass is 9.78. The number of ether oxygens (including phenoxy) is 1. The molecule has 0 aliphatic carbocycles. The molecule has 0 radical (unpaired) electrons. The molecular weight excluding hydrogens is 290 g/mol. The average Bonchev–Trinajstić information content (AvgIpc) is 2.42. The lowest BCUT2D eigenvalue weighted by Crippen LogP contribution is -2.17. The van der Waals surface area contributed by atoms with Gasteiger partial charge in [0.25, 0.3) is 0 Å². The quantitative estimate of drug-likeness (QED) is 0.507. The Morgan fingerprint density at radius 3 is 1.87 bits per heavy atom. The molecule has 0 atom stereocenters. The SMILES string of the molecule is COC(=O)/C(C#N)=C/c1cc(C(C)(C)C)c(O)c(C(C)(C)C)c1. The van der Waals surface area contributed by atoms with Crippen molar-refractivity contribution in [3.05, 3.63) is 34.4 Å². The van der Waals surface area contributed by atoms with Crippen molar-refractivity contribution in [3.8, 4) is 11.8 Å². The third kappa shape index (κ3) is 4.35. The van der Waals surface area contributed by atoms with Crippen molar-refractivity contribution in [2.45, 2.75) is 52.4 Å². The average molecular weight is 315 g/mol. The van der Waals surface area contributed by atoms with Crippen molar-refractivity contribution in [1.82, 2.24) is 0 Å². The van der Waals surface area contributed by atoms with Gasteiger partial charge in [0, 0.05) is 11.1 Å². The minimum Gasteiger partial charge on any atom is -0.507 e. The van der Waals surface area contributed by atoms with Crippen LogP contribution in [0.3, 0.4) is 0 Å². The summed E-state index contributed by atoms with van der Waals surface area (Å²) >= 11 is 0. The summed E-state index contributed by atoms with van der Waals surface area (Å²) in [5.74, 6) is -0.408. The van der Waals surface area contributed by atoms with Crippen molar-refractivity contribution in [2.24, 2.45) is 0 Å². The monoisotopic (exact) mass is 315 g/mol. The smallest absolute Gasteiger partial charge is 0.348 e. The first-order valence-corrected chi connectivity index (χ1v) is 7.50. The van der Waals surface area contributed by atoms with Crippen molar-refractivity contribution in [3.63, 3.8) is 0 Å². The van der Waals surface area contributed by atoms with Crippen LogP contribution < -0.4 is 0 Å². The van der Waals surface area contributed by atoms with E-state index in [0.717, 1.165) is 11.1 Å². The van der Waals surface area contributed by atoms with E-state index >= 15 is 0 Å². The second-order valence-electron chi connectivity index (χ2n) is 7.63. The highest BCUT2D eigenvalue weighted by atomic mass is 16.5. The zero-order valence-electron chi connectivity index (χ0n) is 14.9. The van der Waals surface area contributed by atoms with Crippen LogP contribution in [0.1, 0.15) is 58.2 Å². The van der Waals surface area contributed by atoms with Crippen molar-refractivity contribution < 1.29 is 14.6 Å². The maximum atomic E-state index is 11.6. The minimum atomic E-state index is -0.671. The van der Waals surface area contributed by atoms with Crippen LogP contribution in [0.15, 0.2) is 17.7 Å². The van der Waals surface area contributed by atoms with E-state index in [9.17, 15) is 9.90 Å². The van der Waals surface area contributed by atoms with Crippen LogP contribution in [0.5, 0.6) is 5.75 Å². The van der Waals surface area contributed by atoms with Gasteiger partial charge in [0.2, 0.25) is 0 Å². The number of benzene rings is 1. The molecule has 0 unspecified atom stereocenters. The highest BCUT2D eigenvalue weighted by Crippen LogP contribution is 2.40. The zero-order chi connectivity index (χ0) is 18.0. The Morgan fingerprint density at radius 1 is 1.13 bits per heavy atom. The molecule has 0 aliphatic heterocycles.